The van der Waals surface area contributed by atoms with Gasteiger partial charge in [0.15, 0.2) is 0 Å². The summed E-state index contributed by atoms with van der Waals surface area (Å²) in [7, 11) is 0. The molecule has 0 saturated heterocycles. The van der Waals surface area contributed by atoms with E-state index in [1.165, 1.54) is 0 Å². The summed E-state index contributed by atoms with van der Waals surface area (Å²) in [6, 6.07) is 4.66. The molecule has 0 aliphatic carbocycles. The van der Waals surface area contributed by atoms with E-state index in [1.807, 2.05) is 25.1 Å². The third kappa shape index (κ3) is 3.85. The average molecular weight is 354 g/mol. The Bertz CT molecular complexity index is 597. The predicted octanol–water partition coefficient (Wildman–Crippen LogP) is 2.59. The van der Waals surface area contributed by atoms with Gasteiger partial charge in [0.1, 0.15) is 18.4 Å². The molecule has 6 heteroatoms. The van der Waals surface area contributed by atoms with E-state index in [4.69, 9.17) is 9.84 Å². The van der Waals surface area contributed by atoms with Crippen molar-refractivity contribution >= 4 is 33.9 Å². The van der Waals surface area contributed by atoms with Crippen LogP contribution >= 0.6 is 15.9 Å². The van der Waals surface area contributed by atoms with Crippen LogP contribution in [0.3, 0.4) is 0 Å². The molecule has 0 bridgehead atoms. The summed E-state index contributed by atoms with van der Waals surface area (Å²) in [6.07, 6.45) is 2.81. The van der Waals surface area contributed by atoms with Crippen molar-refractivity contribution in [2.75, 3.05) is 6.61 Å². The number of carbonyl (C=O) groups excluding carboxylic acids is 1. The zero-order valence-electron chi connectivity index (χ0n) is 11.6. The zero-order chi connectivity index (χ0) is 15.4. The smallest absolute Gasteiger partial charge is 0.326 e. The van der Waals surface area contributed by atoms with Gasteiger partial charge in [-0.1, -0.05) is 29.3 Å². The number of carboxylic acid groups (broad SMARTS) is 1. The molecule has 0 aromatic heterocycles. The summed E-state index contributed by atoms with van der Waals surface area (Å²) in [5, 5.41) is 11.6. The van der Waals surface area contributed by atoms with Crippen molar-refractivity contribution in [3.63, 3.8) is 0 Å². The Kier molecular flexibility index (Phi) is 5.01. The number of carboxylic acids is 1. The number of ether oxygens (including phenoxy) is 1. The highest BCUT2D eigenvalue weighted by atomic mass is 79.9. The number of aliphatic carboxylic acids is 1. The molecule has 1 aliphatic heterocycles. The normalized spacial score (nSPS) is 14.5. The number of halogens is 1. The highest BCUT2D eigenvalue weighted by Crippen LogP contribution is 2.29. The molecule has 112 valence electrons. The average Bonchev–Trinajstić information content (AvgIpc) is 2.45. The highest BCUT2D eigenvalue weighted by Gasteiger charge is 2.23. The lowest BCUT2D eigenvalue weighted by molar-refractivity contribution is -0.141. The Hall–Kier alpha value is -1.82. The summed E-state index contributed by atoms with van der Waals surface area (Å²) >= 11 is 3.36. The van der Waals surface area contributed by atoms with Crippen LogP contribution in [-0.4, -0.2) is 29.6 Å². The number of nitrogens with one attached hydrogen (secondary N) is 1. The fraction of sp³-hybridized carbons (Fsp3) is 0.333. The van der Waals surface area contributed by atoms with E-state index < -0.39 is 17.9 Å². The van der Waals surface area contributed by atoms with Gasteiger partial charge in [-0.15, -0.1) is 0 Å². The van der Waals surface area contributed by atoms with Crippen LogP contribution in [0.15, 0.2) is 28.2 Å². The van der Waals surface area contributed by atoms with Gasteiger partial charge in [-0.05, 0) is 30.7 Å². The lowest BCUT2D eigenvalue weighted by Crippen LogP contribution is -2.42. The fourth-order valence-electron chi connectivity index (χ4n) is 2.08. The van der Waals surface area contributed by atoms with Gasteiger partial charge >= 0.3 is 5.97 Å². The first-order valence-corrected chi connectivity index (χ1v) is 7.47. The molecule has 0 spiro atoms. The number of benzene rings is 1. The van der Waals surface area contributed by atoms with Crippen LogP contribution in [0.2, 0.25) is 0 Å². The number of rotatable bonds is 5. The van der Waals surface area contributed by atoms with Crippen LogP contribution in [0.1, 0.15) is 25.3 Å². The third-order valence-corrected chi connectivity index (χ3v) is 3.65. The van der Waals surface area contributed by atoms with Gasteiger partial charge in [-0.2, -0.15) is 0 Å². The van der Waals surface area contributed by atoms with Crippen LogP contribution in [0.5, 0.6) is 5.75 Å². The summed E-state index contributed by atoms with van der Waals surface area (Å²) in [5.74, 6) is -0.717. The largest absolute Gasteiger partial charge is 0.488 e. The number of carbonyl (C=O) groups is 2. The molecule has 1 heterocycles. The first-order valence-electron chi connectivity index (χ1n) is 6.68. The van der Waals surface area contributed by atoms with Gasteiger partial charge in [0.2, 0.25) is 0 Å². The second-order valence-electron chi connectivity index (χ2n) is 4.79. The molecule has 1 aromatic carbocycles. The van der Waals surface area contributed by atoms with Gasteiger partial charge < -0.3 is 15.2 Å². The second-order valence-corrected chi connectivity index (χ2v) is 5.71. The van der Waals surface area contributed by atoms with E-state index >= 15 is 0 Å². The summed E-state index contributed by atoms with van der Waals surface area (Å²) in [5.41, 5.74) is 1.21. The predicted molar refractivity (Wildman–Crippen MR) is 82.1 cm³/mol. The Labute approximate surface area is 131 Å². The molecule has 2 rings (SSSR count). The van der Waals surface area contributed by atoms with E-state index in [0.717, 1.165) is 10.0 Å². The molecule has 0 radical (unpaired) electrons. The van der Waals surface area contributed by atoms with Crippen molar-refractivity contribution in [3.8, 4) is 5.75 Å². The molecule has 21 heavy (non-hydrogen) atoms. The maximum atomic E-state index is 12.1. The Morgan fingerprint density at radius 1 is 1.48 bits per heavy atom. The first-order chi connectivity index (χ1) is 10.0. The van der Waals surface area contributed by atoms with Gasteiger partial charge in [-0.25, -0.2) is 4.79 Å². The lowest BCUT2D eigenvalue weighted by atomic mass is 10.1. The molecule has 0 saturated carbocycles. The van der Waals surface area contributed by atoms with Crippen molar-refractivity contribution in [1.82, 2.24) is 5.32 Å². The molecule has 0 fully saturated rings. The molecule has 1 aliphatic rings. The lowest BCUT2D eigenvalue weighted by Gasteiger charge is -2.20. The van der Waals surface area contributed by atoms with Crippen LogP contribution in [-0.2, 0) is 9.59 Å². The highest BCUT2D eigenvalue weighted by molar-refractivity contribution is 9.10. The quantitative estimate of drug-likeness (QED) is 0.852. The van der Waals surface area contributed by atoms with Crippen LogP contribution in [0, 0.1) is 0 Å². The molecular formula is C15H16BrNO4. The van der Waals surface area contributed by atoms with Crippen molar-refractivity contribution in [2.24, 2.45) is 0 Å². The molecule has 0 unspecified atom stereocenters. The van der Waals surface area contributed by atoms with Crippen molar-refractivity contribution in [3.05, 3.63) is 33.8 Å². The Morgan fingerprint density at radius 2 is 2.24 bits per heavy atom. The minimum Gasteiger partial charge on any atom is -0.488 e. The zero-order valence-corrected chi connectivity index (χ0v) is 13.1. The molecular weight excluding hydrogens is 338 g/mol. The fourth-order valence-corrected chi connectivity index (χ4v) is 2.46. The maximum absolute atomic E-state index is 12.1. The Balaban J connectivity index is 2.15. The minimum atomic E-state index is -1.02. The maximum Gasteiger partial charge on any atom is 0.326 e. The standard InChI is InChI=1S/C15H16BrNO4/c1-2-3-12(15(19)20)17-14(18)10-6-9-7-11(16)4-5-13(9)21-8-10/h4-7,12H,2-3,8H2,1H3,(H,17,18)(H,19,20)/t12-/m1/s1. The second kappa shape index (κ2) is 6.76. The molecule has 5 nitrogen and oxygen atoms in total. The minimum absolute atomic E-state index is 0.138. The van der Waals surface area contributed by atoms with Crippen LogP contribution in [0.25, 0.3) is 6.08 Å². The summed E-state index contributed by atoms with van der Waals surface area (Å²) in [6.45, 7) is 2.01. The van der Waals surface area contributed by atoms with Gasteiger partial charge in [0.05, 0.1) is 5.57 Å². The number of fused-ring (bicyclic) bond motifs is 1. The van der Waals surface area contributed by atoms with Gasteiger partial charge in [0, 0.05) is 10.0 Å². The van der Waals surface area contributed by atoms with E-state index in [1.54, 1.807) is 6.08 Å². The number of amides is 1. The molecule has 1 atom stereocenters. The first kappa shape index (κ1) is 15.6. The topological polar surface area (TPSA) is 75.6 Å². The third-order valence-electron chi connectivity index (χ3n) is 3.16. The van der Waals surface area contributed by atoms with Crippen molar-refractivity contribution < 1.29 is 19.4 Å². The number of hydrogen-bond acceptors (Lipinski definition) is 3. The molecule has 1 amide bonds. The number of hydrogen-bond donors (Lipinski definition) is 2. The van der Waals surface area contributed by atoms with E-state index in [2.05, 4.69) is 21.2 Å². The van der Waals surface area contributed by atoms with Gasteiger partial charge in [-0.3, -0.25) is 4.79 Å². The molecule has 1 aromatic rings. The van der Waals surface area contributed by atoms with E-state index in [-0.39, 0.29) is 6.61 Å². The Morgan fingerprint density at radius 3 is 2.90 bits per heavy atom. The van der Waals surface area contributed by atoms with Crippen molar-refractivity contribution in [2.45, 2.75) is 25.8 Å². The monoisotopic (exact) mass is 353 g/mol. The van der Waals surface area contributed by atoms with Gasteiger partial charge in [0.25, 0.3) is 5.91 Å². The van der Waals surface area contributed by atoms with E-state index in [9.17, 15) is 9.59 Å². The SMILES string of the molecule is CCC[C@@H](NC(=O)C1=Cc2cc(Br)ccc2OC1)C(=O)O. The van der Waals surface area contributed by atoms with Crippen LogP contribution < -0.4 is 10.1 Å². The van der Waals surface area contributed by atoms with Crippen LogP contribution in [0.4, 0.5) is 0 Å². The molecule has 2 N–H and O–H groups in total. The van der Waals surface area contributed by atoms with Crippen molar-refractivity contribution in [1.29, 1.82) is 0 Å². The summed E-state index contributed by atoms with van der Waals surface area (Å²) in [4.78, 5) is 23.2. The summed E-state index contributed by atoms with van der Waals surface area (Å²) < 4.78 is 6.40. The van der Waals surface area contributed by atoms with E-state index in [0.29, 0.717) is 24.2 Å².